The number of nitrogens with one attached hydrogen (secondary N) is 1. The summed E-state index contributed by atoms with van der Waals surface area (Å²) in [7, 11) is 0. The van der Waals surface area contributed by atoms with E-state index in [2.05, 4.69) is 34.6 Å². The van der Waals surface area contributed by atoms with Gasteiger partial charge in [-0.05, 0) is 37.5 Å². The molecule has 0 bridgehead atoms. The molecule has 1 N–H and O–H groups in total. The zero-order valence-corrected chi connectivity index (χ0v) is 10.9. The number of aromatic nitrogens is 2. The Morgan fingerprint density at radius 3 is 3.05 bits per heavy atom. The summed E-state index contributed by atoms with van der Waals surface area (Å²) in [6, 6.07) is 6.49. The molecule has 0 saturated carbocycles. The van der Waals surface area contributed by atoms with E-state index in [0.717, 1.165) is 37.3 Å². The number of hydrogen-bond donors (Lipinski definition) is 1. The summed E-state index contributed by atoms with van der Waals surface area (Å²) < 4.78 is 10.7. The highest BCUT2D eigenvalue weighted by Gasteiger charge is 2.15. The summed E-state index contributed by atoms with van der Waals surface area (Å²) in [5.74, 6) is 0.544. The second kappa shape index (κ2) is 5.40. The van der Waals surface area contributed by atoms with Crippen LogP contribution in [0.3, 0.4) is 0 Å². The van der Waals surface area contributed by atoms with Crippen LogP contribution >= 0.6 is 0 Å². The molecule has 2 heterocycles. The molecule has 5 heteroatoms. The normalized spacial score (nSPS) is 19.3. The average molecular weight is 259 g/mol. The Bertz CT molecular complexity index is 534. The summed E-state index contributed by atoms with van der Waals surface area (Å²) in [5.41, 5.74) is 3.24. The lowest BCUT2D eigenvalue weighted by atomic mass is 10.1. The minimum absolute atomic E-state index is 0.380. The molecular formula is C14H17N3O2. The molecule has 100 valence electrons. The maximum atomic E-state index is 5.49. The second-order valence-electron chi connectivity index (χ2n) is 4.83. The molecule has 1 saturated heterocycles. The van der Waals surface area contributed by atoms with E-state index in [1.54, 1.807) is 0 Å². The SMILES string of the molecule is Cc1ccc(-c2nnco2)cc1NC1CCCOC1. The number of nitrogens with zero attached hydrogens (tertiary/aromatic N) is 2. The fourth-order valence-electron chi connectivity index (χ4n) is 2.28. The Hall–Kier alpha value is -1.88. The first-order chi connectivity index (χ1) is 9.33. The summed E-state index contributed by atoms with van der Waals surface area (Å²) in [5, 5.41) is 11.2. The predicted molar refractivity (Wildman–Crippen MR) is 71.9 cm³/mol. The Labute approximate surface area is 112 Å². The van der Waals surface area contributed by atoms with Gasteiger partial charge in [-0.25, -0.2) is 0 Å². The number of hydrogen-bond acceptors (Lipinski definition) is 5. The van der Waals surface area contributed by atoms with E-state index >= 15 is 0 Å². The highest BCUT2D eigenvalue weighted by atomic mass is 16.5. The number of anilines is 1. The van der Waals surface area contributed by atoms with E-state index in [-0.39, 0.29) is 0 Å². The van der Waals surface area contributed by atoms with Gasteiger partial charge in [-0.15, -0.1) is 10.2 Å². The highest BCUT2D eigenvalue weighted by Crippen LogP contribution is 2.25. The first-order valence-electron chi connectivity index (χ1n) is 6.54. The Balaban J connectivity index is 1.81. The minimum Gasteiger partial charge on any atom is -0.423 e. The van der Waals surface area contributed by atoms with Crippen LogP contribution in [0.15, 0.2) is 29.0 Å². The Kier molecular flexibility index (Phi) is 3.46. The van der Waals surface area contributed by atoms with Crippen molar-refractivity contribution in [1.82, 2.24) is 10.2 Å². The summed E-state index contributed by atoms with van der Waals surface area (Å²) in [4.78, 5) is 0. The van der Waals surface area contributed by atoms with Crippen molar-refractivity contribution >= 4 is 5.69 Å². The molecule has 1 atom stereocenters. The molecule has 19 heavy (non-hydrogen) atoms. The third kappa shape index (κ3) is 2.76. The van der Waals surface area contributed by atoms with E-state index in [1.807, 2.05) is 6.07 Å². The minimum atomic E-state index is 0.380. The van der Waals surface area contributed by atoms with Crippen LogP contribution < -0.4 is 5.32 Å². The molecule has 5 nitrogen and oxygen atoms in total. The molecule has 1 aliphatic rings. The van der Waals surface area contributed by atoms with Crippen LogP contribution in [-0.2, 0) is 4.74 Å². The van der Waals surface area contributed by atoms with Gasteiger partial charge in [0.15, 0.2) is 0 Å². The van der Waals surface area contributed by atoms with Gasteiger partial charge in [-0.1, -0.05) is 6.07 Å². The predicted octanol–water partition coefficient (Wildman–Crippen LogP) is 2.64. The van der Waals surface area contributed by atoms with Gasteiger partial charge in [0.25, 0.3) is 0 Å². The molecule has 1 aromatic carbocycles. The van der Waals surface area contributed by atoms with E-state index in [4.69, 9.17) is 9.15 Å². The van der Waals surface area contributed by atoms with E-state index < -0.39 is 0 Å². The van der Waals surface area contributed by atoms with E-state index in [9.17, 15) is 0 Å². The fraction of sp³-hybridized carbons (Fsp3) is 0.429. The van der Waals surface area contributed by atoms with Crippen LogP contribution in [0.2, 0.25) is 0 Å². The highest BCUT2D eigenvalue weighted by molar-refractivity contribution is 5.64. The zero-order chi connectivity index (χ0) is 13.1. The van der Waals surface area contributed by atoms with Crippen molar-refractivity contribution in [2.45, 2.75) is 25.8 Å². The molecule has 1 fully saturated rings. The van der Waals surface area contributed by atoms with Crippen LogP contribution in [0.25, 0.3) is 11.5 Å². The summed E-state index contributed by atoms with van der Waals surface area (Å²) >= 11 is 0. The van der Waals surface area contributed by atoms with Gasteiger partial charge in [-0.2, -0.15) is 0 Å². The Morgan fingerprint density at radius 1 is 1.37 bits per heavy atom. The number of aryl methyl sites for hydroxylation is 1. The van der Waals surface area contributed by atoms with Crippen LogP contribution in [0.5, 0.6) is 0 Å². The maximum Gasteiger partial charge on any atom is 0.247 e. The topological polar surface area (TPSA) is 60.2 Å². The number of rotatable bonds is 3. The Morgan fingerprint density at radius 2 is 2.32 bits per heavy atom. The molecular weight excluding hydrogens is 242 g/mol. The van der Waals surface area contributed by atoms with Crippen molar-refractivity contribution in [3.8, 4) is 11.5 Å². The van der Waals surface area contributed by atoms with Gasteiger partial charge in [-0.3, -0.25) is 0 Å². The second-order valence-corrected chi connectivity index (χ2v) is 4.83. The zero-order valence-electron chi connectivity index (χ0n) is 10.9. The molecule has 0 aliphatic carbocycles. The van der Waals surface area contributed by atoms with Crippen molar-refractivity contribution in [3.63, 3.8) is 0 Å². The molecule has 1 aromatic heterocycles. The summed E-state index contributed by atoms with van der Waals surface area (Å²) in [6.07, 6.45) is 3.60. The van der Waals surface area contributed by atoms with Crippen molar-refractivity contribution < 1.29 is 9.15 Å². The quantitative estimate of drug-likeness (QED) is 0.918. The molecule has 2 aromatic rings. The lowest BCUT2D eigenvalue weighted by Crippen LogP contribution is -2.30. The van der Waals surface area contributed by atoms with Crippen molar-refractivity contribution in [1.29, 1.82) is 0 Å². The average Bonchev–Trinajstić information content (AvgIpc) is 2.96. The van der Waals surface area contributed by atoms with Gasteiger partial charge in [0.2, 0.25) is 12.3 Å². The monoisotopic (exact) mass is 259 g/mol. The van der Waals surface area contributed by atoms with Crippen molar-refractivity contribution in [2.75, 3.05) is 18.5 Å². The van der Waals surface area contributed by atoms with Crippen LogP contribution in [-0.4, -0.2) is 29.5 Å². The van der Waals surface area contributed by atoms with Gasteiger partial charge in [0, 0.05) is 23.9 Å². The van der Waals surface area contributed by atoms with E-state index in [1.165, 1.54) is 12.0 Å². The van der Waals surface area contributed by atoms with Crippen molar-refractivity contribution in [2.24, 2.45) is 0 Å². The van der Waals surface area contributed by atoms with Gasteiger partial charge < -0.3 is 14.5 Å². The summed E-state index contributed by atoms with van der Waals surface area (Å²) in [6.45, 7) is 3.73. The third-order valence-electron chi connectivity index (χ3n) is 3.36. The van der Waals surface area contributed by atoms with Gasteiger partial charge in [0.05, 0.1) is 6.61 Å². The molecule has 1 unspecified atom stereocenters. The largest absolute Gasteiger partial charge is 0.423 e. The molecule has 3 rings (SSSR count). The molecule has 0 spiro atoms. The molecule has 0 radical (unpaired) electrons. The van der Waals surface area contributed by atoms with Crippen molar-refractivity contribution in [3.05, 3.63) is 30.2 Å². The lowest BCUT2D eigenvalue weighted by molar-refractivity contribution is 0.0876. The van der Waals surface area contributed by atoms with Crippen LogP contribution in [0.1, 0.15) is 18.4 Å². The standard InChI is InChI=1S/C14H17N3O2/c1-10-4-5-11(14-17-15-9-19-14)7-13(10)16-12-3-2-6-18-8-12/h4-5,7,9,12,16H,2-3,6,8H2,1H3. The maximum absolute atomic E-state index is 5.49. The van der Waals surface area contributed by atoms with Gasteiger partial charge >= 0.3 is 0 Å². The lowest BCUT2D eigenvalue weighted by Gasteiger charge is -2.25. The van der Waals surface area contributed by atoms with Crippen LogP contribution in [0, 0.1) is 6.92 Å². The smallest absolute Gasteiger partial charge is 0.247 e. The first-order valence-corrected chi connectivity index (χ1v) is 6.54. The van der Waals surface area contributed by atoms with Gasteiger partial charge in [0.1, 0.15) is 0 Å². The fourth-order valence-corrected chi connectivity index (χ4v) is 2.28. The van der Waals surface area contributed by atoms with Crippen LogP contribution in [0.4, 0.5) is 5.69 Å². The molecule has 1 aliphatic heterocycles. The third-order valence-corrected chi connectivity index (χ3v) is 3.36. The van der Waals surface area contributed by atoms with E-state index in [0.29, 0.717) is 11.9 Å². The number of benzene rings is 1. The number of ether oxygens (including phenoxy) is 1. The molecule has 0 amide bonds. The first kappa shape index (κ1) is 12.2.